The molecular weight excluding hydrogens is 386 g/mol. The molecule has 5 heteroatoms. The first-order valence-electron chi connectivity index (χ1n) is 10.9. The van der Waals surface area contributed by atoms with Crippen LogP contribution >= 0.6 is 0 Å². The van der Waals surface area contributed by atoms with Crippen molar-refractivity contribution in [2.75, 3.05) is 6.54 Å². The van der Waals surface area contributed by atoms with Crippen LogP contribution in [0.3, 0.4) is 0 Å². The minimum absolute atomic E-state index is 0.0826. The van der Waals surface area contributed by atoms with E-state index >= 15 is 0 Å². The fraction of sp³-hybridized carbons (Fsp3) is 0.346. The molecule has 3 heterocycles. The number of nitrogens with one attached hydrogen (secondary N) is 1. The van der Waals surface area contributed by atoms with Crippen molar-refractivity contribution in [3.8, 4) is 17.1 Å². The Bertz CT molecular complexity index is 1210. The molecule has 1 saturated carbocycles. The van der Waals surface area contributed by atoms with Crippen LogP contribution in [0.15, 0.2) is 54.7 Å². The first-order valence-corrected chi connectivity index (χ1v) is 10.9. The van der Waals surface area contributed by atoms with Crippen molar-refractivity contribution in [1.82, 2.24) is 15.3 Å². The summed E-state index contributed by atoms with van der Waals surface area (Å²) in [7, 11) is 0. The second-order valence-electron chi connectivity index (χ2n) is 9.27. The van der Waals surface area contributed by atoms with E-state index in [0.717, 1.165) is 16.7 Å². The predicted molar refractivity (Wildman–Crippen MR) is 122 cm³/mol. The summed E-state index contributed by atoms with van der Waals surface area (Å²) in [5.74, 6) is 0.574. The number of hydrogen-bond donors (Lipinski definition) is 2. The Morgan fingerprint density at radius 2 is 2.06 bits per heavy atom. The highest BCUT2D eigenvalue weighted by Gasteiger charge is 2.43. The third-order valence-electron chi connectivity index (χ3n) is 6.90. The normalized spacial score (nSPS) is 23.5. The largest absolute Gasteiger partial charge is 0.493 e. The zero-order chi connectivity index (χ0) is 21.8. The van der Waals surface area contributed by atoms with E-state index in [2.05, 4.69) is 34.0 Å². The molecule has 1 aliphatic heterocycles. The lowest BCUT2D eigenvalue weighted by molar-refractivity contribution is -0.128. The van der Waals surface area contributed by atoms with Gasteiger partial charge in [0.25, 0.3) is 0 Å². The summed E-state index contributed by atoms with van der Waals surface area (Å²) in [6, 6.07) is 12.0. The van der Waals surface area contributed by atoms with Crippen LogP contribution < -0.4 is 5.32 Å². The number of carbonyl (C=O) groups is 1. The van der Waals surface area contributed by atoms with Gasteiger partial charge in [0.1, 0.15) is 0 Å². The Morgan fingerprint density at radius 3 is 2.77 bits per heavy atom. The SMILES string of the molecule is C=C(C)C1CNC(=O)[C@@](C)(c2ccc(-c3cc(C4CC4)c4cccnc4c3)nc2O)C1. The number of fused-ring (bicyclic) bond motifs is 1. The molecule has 1 unspecified atom stereocenters. The van der Waals surface area contributed by atoms with Crippen LogP contribution in [0.4, 0.5) is 0 Å². The molecule has 0 radical (unpaired) electrons. The lowest BCUT2D eigenvalue weighted by Crippen LogP contribution is -2.51. The molecule has 1 aromatic carbocycles. The van der Waals surface area contributed by atoms with E-state index in [0.29, 0.717) is 30.1 Å². The molecule has 2 N–H and O–H groups in total. The first-order chi connectivity index (χ1) is 14.9. The van der Waals surface area contributed by atoms with Crippen molar-refractivity contribution in [3.63, 3.8) is 0 Å². The zero-order valence-corrected chi connectivity index (χ0v) is 18.0. The number of hydrogen-bond acceptors (Lipinski definition) is 4. The summed E-state index contributed by atoms with van der Waals surface area (Å²) in [6.07, 6.45) is 4.80. The smallest absolute Gasteiger partial charge is 0.230 e. The van der Waals surface area contributed by atoms with Crippen LogP contribution in [0, 0.1) is 5.92 Å². The summed E-state index contributed by atoms with van der Waals surface area (Å²) >= 11 is 0. The molecule has 5 rings (SSSR count). The van der Waals surface area contributed by atoms with E-state index in [9.17, 15) is 9.90 Å². The number of pyridine rings is 2. The van der Waals surface area contributed by atoms with Gasteiger partial charge < -0.3 is 10.4 Å². The number of rotatable bonds is 4. The van der Waals surface area contributed by atoms with Crippen molar-refractivity contribution < 1.29 is 9.90 Å². The fourth-order valence-electron chi connectivity index (χ4n) is 4.78. The van der Waals surface area contributed by atoms with E-state index in [4.69, 9.17) is 0 Å². The topological polar surface area (TPSA) is 75.1 Å². The highest BCUT2D eigenvalue weighted by Crippen LogP contribution is 2.45. The van der Waals surface area contributed by atoms with Crippen LogP contribution in [-0.2, 0) is 10.2 Å². The van der Waals surface area contributed by atoms with Gasteiger partial charge in [-0.1, -0.05) is 24.3 Å². The van der Waals surface area contributed by atoms with Crippen molar-refractivity contribution in [3.05, 3.63) is 65.9 Å². The average Bonchev–Trinajstić information content (AvgIpc) is 3.60. The van der Waals surface area contributed by atoms with Crippen molar-refractivity contribution in [1.29, 1.82) is 0 Å². The van der Waals surface area contributed by atoms with E-state index in [1.165, 1.54) is 23.8 Å². The maximum absolute atomic E-state index is 12.8. The molecule has 0 bridgehead atoms. The van der Waals surface area contributed by atoms with Crippen molar-refractivity contribution in [2.45, 2.75) is 44.4 Å². The van der Waals surface area contributed by atoms with Gasteiger partial charge in [0.15, 0.2) is 0 Å². The lowest BCUT2D eigenvalue weighted by atomic mass is 9.71. The van der Waals surface area contributed by atoms with Gasteiger partial charge in [-0.2, -0.15) is 0 Å². The number of amides is 1. The third-order valence-corrected chi connectivity index (χ3v) is 6.90. The monoisotopic (exact) mass is 413 g/mol. The first kappa shape index (κ1) is 19.7. The molecule has 1 amide bonds. The fourth-order valence-corrected chi connectivity index (χ4v) is 4.78. The van der Waals surface area contributed by atoms with Gasteiger partial charge in [-0.15, -0.1) is 0 Å². The van der Waals surface area contributed by atoms with Gasteiger partial charge in [-0.05, 0) is 74.8 Å². The standard InChI is InChI=1S/C26H27N3O2/c1-15(2)18-13-26(3,25(31)28-14-18)21-8-9-22(29-24(21)30)17-11-20(16-6-7-16)19-5-4-10-27-23(19)12-17/h4-5,8-12,16,18H,1,6-7,13-14H2,2-3H3,(H,28,31)(H,29,30)/t18?,26-/m1/s1. The second kappa shape index (κ2) is 7.19. The van der Waals surface area contributed by atoms with E-state index in [-0.39, 0.29) is 17.7 Å². The summed E-state index contributed by atoms with van der Waals surface area (Å²) in [4.78, 5) is 21.8. The Morgan fingerprint density at radius 1 is 1.26 bits per heavy atom. The maximum Gasteiger partial charge on any atom is 0.230 e. The van der Waals surface area contributed by atoms with Crippen LogP contribution in [-0.4, -0.2) is 27.5 Å². The van der Waals surface area contributed by atoms with Crippen LogP contribution in [0.5, 0.6) is 5.88 Å². The molecule has 5 nitrogen and oxygen atoms in total. The summed E-state index contributed by atoms with van der Waals surface area (Å²) < 4.78 is 0. The maximum atomic E-state index is 12.8. The second-order valence-corrected chi connectivity index (χ2v) is 9.27. The minimum atomic E-state index is -0.846. The molecule has 1 aliphatic carbocycles. The van der Waals surface area contributed by atoms with Gasteiger partial charge in [0.2, 0.25) is 11.8 Å². The third kappa shape index (κ3) is 3.38. The summed E-state index contributed by atoms with van der Waals surface area (Å²) in [5.41, 5.74) is 4.61. The Kier molecular flexibility index (Phi) is 4.58. The van der Waals surface area contributed by atoms with Crippen LogP contribution in [0.2, 0.25) is 0 Å². The van der Waals surface area contributed by atoms with E-state index in [1.807, 2.05) is 38.1 Å². The molecule has 2 atom stereocenters. The summed E-state index contributed by atoms with van der Waals surface area (Å²) in [6.45, 7) is 8.50. The molecule has 3 aromatic rings. The van der Waals surface area contributed by atoms with Gasteiger partial charge in [0.05, 0.1) is 16.6 Å². The van der Waals surface area contributed by atoms with Gasteiger partial charge in [0, 0.05) is 29.3 Å². The van der Waals surface area contributed by atoms with E-state index < -0.39 is 5.41 Å². The summed E-state index contributed by atoms with van der Waals surface area (Å²) in [5, 5.41) is 15.1. The number of nitrogens with zero attached hydrogens (tertiary/aromatic N) is 2. The Hall–Kier alpha value is -3.21. The van der Waals surface area contributed by atoms with E-state index in [1.54, 1.807) is 6.20 Å². The van der Waals surface area contributed by atoms with Crippen molar-refractivity contribution in [2.24, 2.45) is 5.92 Å². The molecule has 31 heavy (non-hydrogen) atoms. The Labute approximate surface area is 182 Å². The quantitative estimate of drug-likeness (QED) is 0.600. The van der Waals surface area contributed by atoms with Gasteiger partial charge >= 0.3 is 0 Å². The molecule has 0 spiro atoms. The number of piperidine rings is 1. The molecule has 1 saturated heterocycles. The van der Waals surface area contributed by atoms with Gasteiger partial charge in [-0.25, -0.2) is 4.98 Å². The van der Waals surface area contributed by atoms with Crippen molar-refractivity contribution >= 4 is 16.8 Å². The van der Waals surface area contributed by atoms with Crippen LogP contribution in [0.1, 0.15) is 50.2 Å². The highest BCUT2D eigenvalue weighted by atomic mass is 16.3. The minimum Gasteiger partial charge on any atom is -0.493 e. The molecule has 2 aromatic heterocycles. The number of aromatic hydroxyl groups is 1. The lowest BCUT2D eigenvalue weighted by Gasteiger charge is -2.38. The molecule has 2 aliphatic rings. The zero-order valence-electron chi connectivity index (χ0n) is 18.0. The number of aromatic nitrogens is 2. The number of benzene rings is 1. The molecular formula is C26H27N3O2. The Balaban J connectivity index is 1.56. The predicted octanol–water partition coefficient (Wildman–Crippen LogP) is 4.85. The highest BCUT2D eigenvalue weighted by molar-refractivity contribution is 5.90. The van der Waals surface area contributed by atoms with Gasteiger partial charge in [-0.3, -0.25) is 9.78 Å². The number of carbonyl (C=O) groups excluding carboxylic acids is 1. The molecule has 158 valence electrons. The van der Waals surface area contributed by atoms with Crippen LogP contribution in [0.25, 0.3) is 22.2 Å². The molecule has 2 fully saturated rings. The average molecular weight is 414 g/mol.